The summed E-state index contributed by atoms with van der Waals surface area (Å²) in [4.78, 5) is 23.0. The first-order valence-electron chi connectivity index (χ1n) is 8.05. The predicted octanol–water partition coefficient (Wildman–Crippen LogP) is 4.47. The lowest BCUT2D eigenvalue weighted by Gasteiger charge is -2.17. The SMILES string of the molecule is CCCCN(C)C(=O)c1cc(C)nc(Nc2ccc(C)cc2Br)n1. The van der Waals surface area contributed by atoms with Crippen LogP contribution in [-0.4, -0.2) is 34.4 Å². The summed E-state index contributed by atoms with van der Waals surface area (Å²) >= 11 is 3.53. The van der Waals surface area contributed by atoms with Gasteiger partial charge in [0.25, 0.3) is 5.91 Å². The maximum atomic E-state index is 12.5. The van der Waals surface area contributed by atoms with Gasteiger partial charge < -0.3 is 10.2 Å². The highest BCUT2D eigenvalue weighted by atomic mass is 79.9. The molecular weight excluding hydrogens is 368 g/mol. The molecule has 0 radical (unpaired) electrons. The number of nitrogens with zero attached hydrogens (tertiary/aromatic N) is 3. The fraction of sp³-hybridized carbons (Fsp3) is 0.389. The Labute approximate surface area is 151 Å². The summed E-state index contributed by atoms with van der Waals surface area (Å²) in [6.07, 6.45) is 2.03. The zero-order chi connectivity index (χ0) is 17.7. The lowest BCUT2D eigenvalue weighted by atomic mass is 10.2. The van der Waals surface area contributed by atoms with E-state index in [9.17, 15) is 4.79 Å². The minimum atomic E-state index is -0.0834. The summed E-state index contributed by atoms with van der Waals surface area (Å²) in [6, 6.07) is 7.70. The Kier molecular flexibility index (Phi) is 6.31. The summed E-state index contributed by atoms with van der Waals surface area (Å²) in [5.74, 6) is 0.340. The molecule has 1 amide bonds. The van der Waals surface area contributed by atoms with E-state index in [1.165, 1.54) is 0 Å². The fourth-order valence-electron chi connectivity index (χ4n) is 2.27. The zero-order valence-corrected chi connectivity index (χ0v) is 16.1. The normalized spacial score (nSPS) is 10.5. The van der Waals surface area contributed by atoms with Gasteiger partial charge in [-0.1, -0.05) is 19.4 Å². The molecule has 2 rings (SSSR count). The first-order chi connectivity index (χ1) is 11.4. The smallest absolute Gasteiger partial charge is 0.272 e. The minimum Gasteiger partial charge on any atom is -0.340 e. The highest BCUT2D eigenvalue weighted by Crippen LogP contribution is 2.25. The molecule has 0 atom stereocenters. The average molecular weight is 391 g/mol. The van der Waals surface area contributed by atoms with Crippen molar-refractivity contribution in [3.63, 3.8) is 0 Å². The van der Waals surface area contributed by atoms with Crippen LogP contribution in [0.15, 0.2) is 28.7 Å². The summed E-state index contributed by atoms with van der Waals surface area (Å²) in [7, 11) is 1.80. The van der Waals surface area contributed by atoms with E-state index in [-0.39, 0.29) is 5.91 Å². The van der Waals surface area contributed by atoms with Crippen molar-refractivity contribution in [3.8, 4) is 0 Å². The molecule has 0 aliphatic heterocycles. The molecule has 0 fully saturated rings. The number of rotatable bonds is 6. The summed E-state index contributed by atoms with van der Waals surface area (Å²) in [5.41, 5.74) is 3.18. The van der Waals surface area contributed by atoms with Crippen LogP contribution in [-0.2, 0) is 0 Å². The van der Waals surface area contributed by atoms with Crippen LogP contribution in [0.4, 0.5) is 11.6 Å². The number of hydrogen-bond donors (Lipinski definition) is 1. The molecule has 0 saturated carbocycles. The molecule has 1 aromatic heterocycles. The Balaban J connectivity index is 2.23. The van der Waals surface area contributed by atoms with Crippen LogP contribution in [0.5, 0.6) is 0 Å². The number of carbonyl (C=O) groups excluding carboxylic acids is 1. The van der Waals surface area contributed by atoms with Crippen LogP contribution in [0.3, 0.4) is 0 Å². The van der Waals surface area contributed by atoms with Gasteiger partial charge in [-0.15, -0.1) is 0 Å². The molecule has 0 spiro atoms. The quantitative estimate of drug-likeness (QED) is 0.789. The third-order valence-electron chi connectivity index (χ3n) is 3.64. The van der Waals surface area contributed by atoms with Crippen LogP contribution in [0.2, 0.25) is 0 Å². The molecule has 0 saturated heterocycles. The van der Waals surface area contributed by atoms with Crippen LogP contribution < -0.4 is 5.32 Å². The van der Waals surface area contributed by atoms with Crippen molar-refractivity contribution in [2.45, 2.75) is 33.6 Å². The third kappa shape index (κ3) is 4.77. The number of nitrogens with one attached hydrogen (secondary N) is 1. The third-order valence-corrected chi connectivity index (χ3v) is 4.29. The van der Waals surface area contributed by atoms with Gasteiger partial charge in [0, 0.05) is 23.8 Å². The number of amides is 1. The largest absolute Gasteiger partial charge is 0.340 e. The van der Waals surface area contributed by atoms with Gasteiger partial charge >= 0.3 is 0 Å². The monoisotopic (exact) mass is 390 g/mol. The van der Waals surface area contributed by atoms with Crippen molar-refractivity contribution >= 4 is 33.5 Å². The molecule has 1 aromatic carbocycles. The van der Waals surface area contributed by atoms with Crippen LogP contribution in [0.25, 0.3) is 0 Å². The highest BCUT2D eigenvalue weighted by Gasteiger charge is 2.15. The lowest BCUT2D eigenvalue weighted by molar-refractivity contribution is 0.0787. The van der Waals surface area contributed by atoms with Crippen molar-refractivity contribution in [1.29, 1.82) is 0 Å². The molecule has 5 nitrogen and oxygen atoms in total. The van der Waals surface area contributed by atoms with E-state index in [0.29, 0.717) is 11.6 Å². The van der Waals surface area contributed by atoms with E-state index in [4.69, 9.17) is 0 Å². The van der Waals surface area contributed by atoms with Gasteiger partial charge in [0.15, 0.2) is 0 Å². The van der Waals surface area contributed by atoms with E-state index in [0.717, 1.165) is 40.8 Å². The van der Waals surface area contributed by atoms with Gasteiger partial charge in [-0.3, -0.25) is 4.79 Å². The number of unbranched alkanes of at least 4 members (excludes halogenated alkanes) is 1. The second kappa shape index (κ2) is 8.24. The van der Waals surface area contributed by atoms with Crippen LogP contribution in [0.1, 0.15) is 41.5 Å². The van der Waals surface area contributed by atoms with Crippen molar-refractivity contribution in [2.75, 3.05) is 18.9 Å². The molecule has 2 aromatic rings. The second-order valence-electron chi connectivity index (χ2n) is 5.91. The molecule has 1 N–H and O–H groups in total. The molecule has 0 unspecified atom stereocenters. The van der Waals surface area contributed by atoms with E-state index in [1.807, 2.05) is 32.0 Å². The Morgan fingerprint density at radius 1 is 1.25 bits per heavy atom. The summed E-state index contributed by atoms with van der Waals surface area (Å²) in [6.45, 7) is 6.72. The van der Waals surface area contributed by atoms with E-state index in [2.05, 4.69) is 38.1 Å². The van der Waals surface area contributed by atoms with Gasteiger partial charge in [0.05, 0.1) is 5.69 Å². The number of anilines is 2. The molecule has 0 aliphatic carbocycles. The van der Waals surface area contributed by atoms with Crippen molar-refractivity contribution < 1.29 is 4.79 Å². The van der Waals surface area contributed by atoms with Crippen molar-refractivity contribution in [1.82, 2.24) is 14.9 Å². The van der Waals surface area contributed by atoms with Gasteiger partial charge in [0.2, 0.25) is 5.95 Å². The van der Waals surface area contributed by atoms with Gasteiger partial charge in [0.1, 0.15) is 5.69 Å². The number of halogens is 1. The van der Waals surface area contributed by atoms with E-state index >= 15 is 0 Å². The van der Waals surface area contributed by atoms with Gasteiger partial charge in [-0.2, -0.15) is 0 Å². The second-order valence-corrected chi connectivity index (χ2v) is 6.76. The van der Waals surface area contributed by atoms with Crippen molar-refractivity contribution in [3.05, 3.63) is 45.7 Å². The maximum Gasteiger partial charge on any atom is 0.272 e. The lowest BCUT2D eigenvalue weighted by Crippen LogP contribution is -2.28. The number of aromatic nitrogens is 2. The Morgan fingerprint density at radius 3 is 2.67 bits per heavy atom. The van der Waals surface area contributed by atoms with Gasteiger partial charge in [-0.05, 0) is 60.0 Å². The van der Waals surface area contributed by atoms with Crippen molar-refractivity contribution in [2.24, 2.45) is 0 Å². The topological polar surface area (TPSA) is 58.1 Å². The molecule has 128 valence electrons. The predicted molar refractivity (Wildman–Crippen MR) is 101 cm³/mol. The Hall–Kier alpha value is -1.95. The minimum absolute atomic E-state index is 0.0834. The molecular formula is C18H23BrN4O. The summed E-state index contributed by atoms with van der Waals surface area (Å²) in [5, 5.41) is 3.18. The maximum absolute atomic E-state index is 12.5. The van der Waals surface area contributed by atoms with Crippen LogP contribution >= 0.6 is 15.9 Å². The number of aryl methyl sites for hydroxylation is 2. The molecule has 0 aliphatic rings. The van der Waals surface area contributed by atoms with Gasteiger partial charge in [-0.25, -0.2) is 9.97 Å². The zero-order valence-electron chi connectivity index (χ0n) is 14.6. The van der Waals surface area contributed by atoms with Crippen LogP contribution in [0, 0.1) is 13.8 Å². The average Bonchev–Trinajstić information content (AvgIpc) is 2.54. The molecule has 6 heteroatoms. The number of hydrogen-bond acceptors (Lipinski definition) is 4. The standard InChI is InChI=1S/C18H23BrN4O/c1-5-6-9-23(4)17(24)16-11-13(3)20-18(22-16)21-15-8-7-12(2)10-14(15)19/h7-8,10-11H,5-6,9H2,1-4H3,(H,20,21,22). The molecule has 0 bridgehead atoms. The molecule has 24 heavy (non-hydrogen) atoms. The summed E-state index contributed by atoms with van der Waals surface area (Å²) < 4.78 is 0.931. The highest BCUT2D eigenvalue weighted by molar-refractivity contribution is 9.10. The fourth-order valence-corrected chi connectivity index (χ4v) is 2.86. The first kappa shape index (κ1) is 18.4. The molecule has 1 heterocycles. The Bertz CT molecular complexity index is 733. The first-order valence-corrected chi connectivity index (χ1v) is 8.84. The van der Waals surface area contributed by atoms with E-state index < -0.39 is 0 Å². The Morgan fingerprint density at radius 2 is 2.00 bits per heavy atom. The number of carbonyl (C=O) groups is 1. The number of benzene rings is 1. The van der Waals surface area contributed by atoms with E-state index in [1.54, 1.807) is 18.0 Å².